The van der Waals surface area contributed by atoms with Crippen LogP contribution in [0.5, 0.6) is 0 Å². The number of aliphatic imine (C=N–C) groups is 1. The Morgan fingerprint density at radius 3 is 2.33 bits per heavy atom. The van der Waals surface area contributed by atoms with Gasteiger partial charge in [0.2, 0.25) is 10.0 Å². The number of rotatable bonds is 6. The van der Waals surface area contributed by atoms with Crippen LogP contribution in [0.25, 0.3) is 0 Å². The molecule has 1 saturated heterocycles. The Balaban J connectivity index is 0.00000320. The molecule has 0 aliphatic carbocycles. The summed E-state index contributed by atoms with van der Waals surface area (Å²) in [5, 5.41) is 8.57. The van der Waals surface area contributed by atoms with E-state index < -0.39 is 10.0 Å². The van der Waals surface area contributed by atoms with Crippen molar-refractivity contribution >= 4 is 40.0 Å². The van der Waals surface area contributed by atoms with Crippen molar-refractivity contribution in [3.63, 3.8) is 0 Å². The first-order valence-electron chi connectivity index (χ1n) is 9.87. The molecule has 1 aliphatic heterocycles. The zero-order valence-corrected chi connectivity index (χ0v) is 20.3. The minimum absolute atomic E-state index is 0. The number of nitrogens with one attached hydrogen (secondary N) is 1. The van der Waals surface area contributed by atoms with Gasteiger partial charge in [0.15, 0.2) is 5.96 Å². The number of guanidine groups is 1. The van der Waals surface area contributed by atoms with Gasteiger partial charge >= 0.3 is 0 Å². The molecule has 0 bridgehead atoms. The van der Waals surface area contributed by atoms with E-state index in [1.807, 2.05) is 19.1 Å². The second kappa shape index (κ2) is 11.6. The van der Waals surface area contributed by atoms with Crippen LogP contribution in [0.15, 0.2) is 64.5 Å². The molecule has 164 valence electrons. The molecule has 9 heteroatoms. The lowest BCUT2D eigenvalue weighted by atomic mass is 10.2. The highest BCUT2D eigenvalue weighted by molar-refractivity contribution is 14.0. The fourth-order valence-corrected chi connectivity index (χ4v) is 3.96. The molecule has 1 fully saturated rings. The maximum atomic E-state index is 11.6. The summed E-state index contributed by atoms with van der Waals surface area (Å²) in [6, 6.07) is 17.2. The second-order valence-corrected chi connectivity index (χ2v) is 8.67. The third-order valence-corrected chi connectivity index (χ3v) is 5.81. The molecule has 0 amide bonds. The Hall–Kier alpha value is -1.69. The molecule has 0 saturated carbocycles. The molecule has 2 aromatic carbocycles. The molecule has 0 spiro atoms. The van der Waals surface area contributed by atoms with Crippen molar-refractivity contribution < 1.29 is 8.42 Å². The number of nitrogens with zero attached hydrogens (tertiary/aromatic N) is 3. The summed E-state index contributed by atoms with van der Waals surface area (Å²) in [5.74, 6) is 0.855. The summed E-state index contributed by atoms with van der Waals surface area (Å²) in [6.07, 6.45) is 0. The largest absolute Gasteiger partial charge is 0.357 e. The van der Waals surface area contributed by atoms with Crippen LogP contribution < -0.4 is 10.5 Å². The predicted molar refractivity (Wildman–Crippen MR) is 131 cm³/mol. The van der Waals surface area contributed by atoms with Crippen molar-refractivity contribution in [3.8, 4) is 0 Å². The molecule has 3 rings (SSSR count). The lowest BCUT2D eigenvalue weighted by Crippen LogP contribution is -2.52. The number of halogens is 1. The van der Waals surface area contributed by atoms with Crippen LogP contribution in [-0.2, 0) is 23.1 Å². The van der Waals surface area contributed by atoms with Crippen molar-refractivity contribution in [2.24, 2.45) is 10.1 Å². The number of hydrogen-bond acceptors (Lipinski definition) is 4. The van der Waals surface area contributed by atoms with E-state index in [1.165, 1.54) is 11.6 Å². The fraction of sp³-hybridized carbons (Fsp3) is 0.381. The van der Waals surface area contributed by atoms with Crippen LogP contribution in [0.2, 0.25) is 0 Å². The van der Waals surface area contributed by atoms with Crippen molar-refractivity contribution in [1.29, 1.82) is 0 Å². The van der Waals surface area contributed by atoms with Gasteiger partial charge in [-0.1, -0.05) is 42.5 Å². The molecule has 30 heavy (non-hydrogen) atoms. The minimum atomic E-state index is -3.71. The Labute approximate surface area is 196 Å². The summed E-state index contributed by atoms with van der Waals surface area (Å²) in [4.78, 5) is 9.54. The maximum Gasteiger partial charge on any atom is 0.238 e. The van der Waals surface area contributed by atoms with Crippen LogP contribution in [-0.4, -0.2) is 56.9 Å². The van der Waals surface area contributed by atoms with Gasteiger partial charge < -0.3 is 10.2 Å². The summed E-state index contributed by atoms with van der Waals surface area (Å²) in [7, 11) is -3.71. The Morgan fingerprint density at radius 1 is 1.03 bits per heavy atom. The lowest BCUT2D eigenvalue weighted by molar-refractivity contribution is 0.172. The van der Waals surface area contributed by atoms with E-state index >= 15 is 0 Å². The van der Waals surface area contributed by atoms with Crippen LogP contribution in [0, 0.1) is 0 Å². The number of piperazine rings is 1. The summed E-state index contributed by atoms with van der Waals surface area (Å²) >= 11 is 0. The maximum absolute atomic E-state index is 11.6. The van der Waals surface area contributed by atoms with Crippen molar-refractivity contribution in [2.45, 2.75) is 24.9 Å². The quantitative estimate of drug-likeness (QED) is 0.332. The smallest absolute Gasteiger partial charge is 0.238 e. The van der Waals surface area contributed by atoms with Gasteiger partial charge in [0.05, 0.1) is 11.4 Å². The topological polar surface area (TPSA) is 91.0 Å². The predicted octanol–water partition coefficient (Wildman–Crippen LogP) is 2.24. The summed E-state index contributed by atoms with van der Waals surface area (Å²) in [6.45, 7) is 7.92. The molecule has 0 radical (unpaired) electrons. The van der Waals surface area contributed by atoms with E-state index in [2.05, 4.69) is 39.4 Å². The number of hydrogen-bond donors (Lipinski definition) is 2. The van der Waals surface area contributed by atoms with Crippen LogP contribution >= 0.6 is 24.0 Å². The fourth-order valence-electron chi connectivity index (χ4n) is 3.37. The van der Waals surface area contributed by atoms with Gasteiger partial charge in [0, 0.05) is 39.3 Å². The molecule has 1 aliphatic rings. The standard InChI is InChI=1S/C21H29N5O2S.HI/c1-2-23-21(24-16-19-9-6-10-20(15-19)29(22,27)28)26-13-11-25(12-14-26)17-18-7-4-3-5-8-18;/h3-10,15H,2,11-14,16-17H2,1H3,(H,23,24)(H2,22,27,28);1H. The monoisotopic (exact) mass is 543 g/mol. The Kier molecular flexibility index (Phi) is 9.53. The molecular formula is C21H30IN5O2S. The van der Waals surface area contributed by atoms with Gasteiger partial charge in [-0.05, 0) is 30.2 Å². The first-order chi connectivity index (χ1) is 14.0. The van der Waals surface area contributed by atoms with Crippen molar-refractivity contribution in [2.75, 3.05) is 32.7 Å². The molecule has 2 aromatic rings. The first kappa shape index (κ1) is 24.6. The molecule has 0 unspecified atom stereocenters. The Morgan fingerprint density at radius 2 is 1.70 bits per heavy atom. The van der Waals surface area contributed by atoms with E-state index in [1.54, 1.807) is 12.1 Å². The number of benzene rings is 2. The van der Waals surface area contributed by atoms with Gasteiger partial charge in [0.25, 0.3) is 0 Å². The molecular weight excluding hydrogens is 513 g/mol. The van der Waals surface area contributed by atoms with E-state index in [9.17, 15) is 8.42 Å². The normalized spacial score (nSPS) is 15.5. The van der Waals surface area contributed by atoms with Crippen LogP contribution in [0.4, 0.5) is 0 Å². The third-order valence-electron chi connectivity index (χ3n) is 4.89. The van der Waals surface area contributed by atoms with Gasteiger partial charge in [-0.25, -0.2) is 18.5 Å². The zero-order valence-electron chi connectivity index (χ0n) is 17.2. The van der Waals surface area contributed by atoms with Crippen molar-refractivity contribution in [1.82, 2.24) is 15.1 Å². The highest BCUT2D eigenvalue weighted by Crippen LogP contribution is 2.12. The highest BCUT2D eigenvalue weighted by atomic mass is 127. The van der Waals surface area contributed by atoms with E-state index in [4.69, 9.17) is 10.1 Å². The van der Waals surface area contributed by atoms with Crippen LogP contribution in [0.1, 0.15) is 18.1 Å². The average molecular weight is 543 g/mol. The third kappa shape index (κ3) is 7.22. The number of nitrogens with two attached hydrogens (primary N) is 1. The molecule has 1 heterocycles. The van der Waals surface area contributed by atoms with Gasteiger partial charge in [-0.15, -0.1) is 24.0 Å². The highest BCUT2D eigenvalue weighted by Gasteiger charge is 2.19. The summed E-state index contributed by atoms with van der Waals surface area (Å²) in [5.41, 5.74) is 2.14. The van der Waals surface area contributed by atoms with E-state index in [0.717, 1.165) is 50.8 Å². The van der Waals surface area contributed by atoms with Crippen molar-refractivity contribution in [3.05, 3.63) is 65.7 Å². The first-order valence-corrected chi connectivity index (χ1v) is 11.4. The SMILES string of the molecule is CCNC(=NCc1cccc(S(N)(=O)=O)c1)N1CCN(Cc2ccccc2)CC1.I. The molecule has 7 nitrogen and oxygen atoms in total. The number of sulfonamides is 1. The van der Waals surface area contributed by atoms with Gasteiger partial charge in [0.1, 0.15) is 0 Å². The zero-order chi connectivity index (χ0) is 20.7. The second-order valence-electron chi connectivity index (χ2n) is 7.11. The minimum Gasteiger partial charge on any atom is -0.357 e. The molecule has 0 atom stereocenters. The van der Waals surface area contributed by atoms with E-state index in [0.29, 0.717) is 6.54 Å². The lowest BCUT2D eigenvalue weighted by Gasteiger charge is -2.36. The molecule has 0 aromatic heterocycles. The van der Waals surface area contributed by atoms with E-state index in [-0.39, 0.29) is 28.9 Å². The van der Waals surface area contributed by atoms with Crippen LogP contribution in [0.3, 0.4) is 0 Å². The van der Waals surface area contributed by atoms with Gasteiger partial charge in [-0.3, -0.25) is 4.90 Å². The average Bonchev–Trinajstić information content (AvgIpc) is 2.72. The summed E-state index contributed by atoms with van der Waals surface area (Å²) < 4.78 is 23.1. The molecule has 3 N–H and O–H groups in total. The van der Waals surface area contributed by atoms with Gasteiger partial charge in [-0.2, -0.15) is 0 Å². The number of primary sulfonamides is 1. The Bertz CT molecular complexity index is 929.